The summed E-state index contributed by atoms with van der Waals surface area (Å²) in [7, 11) is 0. The van der Waals surface area contributed by atoms with E-state index in [1.54, 1.807) is 0 Å². The summed E-state index contributed by atoms with van der Waals surface area (Å²) < 4.78 is 1.92. The maximum Gasteiger partial charge on any atom is 0.261 e. The van der Waals surface area contributed by atoms with Crippen molar-refractivity contribution in [3.8, 4) is 5.69 Å². The highest BCUT2D eigenvalue weighted by Crippen LogP contribution is 2.19. The maximum atomic E-state index is 12.3. The van der Waals surface area contributed by atoms with Gasteiger partial charge in [-0.3, -0.25) is 4.79 Å². The number of carbonyl (C=O) groups excluding carboxylic acids is 1. The first-order valence-corrected chi connectivity index (χ1v) is 8.38. The van der Waals surface area contributed by atoms with Gasteiger partial charge in [0.15, 0.2) is 0 Å². The second-order valence-electron chi connectivity index (χ2n) is 5.51. The number of nitrogens with one attached hydrogen (secondary N) is 1. The zero-order valence-corrected chi connectivity index (χ0v) is 14.3. The van der Waals surface area contributed by atoms with Crippen LogP contribution >= 0.6 is 11.3 Å². The highest BCUT2D eigenvalue weighted by molar-refractivity contribution is 7.12. The average molecular weight is 325 g/mol. The van der Waals surface area contributed by atoms with Crippen molar-refractivity contribution in [3.63, 3.8) is 0 Å². The minimum absolute atomic E-state index is 0.0243. The number of aromatic nitrogens is 2. The van der Waals surface area contributed by atoms with Gasteiger partial charge in [0.2, 0.25) is 0 Å². The summed E-state index contributed by atoms with van der Waals surface area (Å²) in [6.07, 6.45) is 0. The third-order valence-electron chi connectivity index (χ3n) is 3.94. The van der Waals surface area contributed by atoms with E-state index >= 15 is 0 Å². The third-order valence-corrected chi connectivity index (χ3v) is 4.95. The van der Waals surface area contributed by atoms with Gasteiger partial charge in [-0.15, -0.1) is 11.3 Å². The molecule has 0 unspecified atom stereocenters. The van der Waals surface area contributed by atoms with E-state index in [4.69, 9.17) is 0 Å². The molecule has 0 fully saturated rings. The van der Waals surface area contributed by atoms with Crippen molar-refractivity contribution in [1.82, 2.24) is 15.1 Å². The molecule has 2 heterocycles. The summed E-state index contributed by atoms with van der Waals surface area (Å²) in [6, 6.07) is 12.0. The smallest absolute Gasteiger partial charge is 0.261 e. The van der Waals surface area contributed by atoms with Gasteiger partial charge in [-0.1, -0.05) is 18.2 Å². The number of carbonyl (C=O) groups is 1. The van der Waals surface area contributed by atoms with Crippen molar-refractivity contribution in [3.05, 3.63) is 69.2 Å². The molecule has 3 aromatic rings. The molecule has 23 heavy (non-hydrogen) atoms. The van der Waals surface area contributed by atoms with E-state index in [1.165, 1.54) is 11.3 Å². The van der Waals surface area contributed by atoms with Crippen LogP contribution in [-0.2, 0) is 6.54 Å². The van der Waals surface area contributed by atoms with Gasteiger partial charge in [0, 0.05) is 17.8 Å². The predicted molar refractivity (Wildman–Crippen MR) is 93.3 cm³/mol. The zero-order valence-electron chi connectivity index (χ0n) is 13.5. The molecule has 1 amide bonds. The van der Waals surface area contributed by atoms with Crippen molar-refractivity contribution >= 4 is 17.2 Å². The van der Waals surface area contributed by atoms with Gasteiger partial charge < -0.3 is 5.32 Å². The lowest BCUT2D eigenvalue weighted by atomic mass is 10.2. The topological polar surface area (TPSA) is 46.9 Å². The Morgan fingerprint density at radius 1 is 1.17 bits per heavy atom. The van der Waals surface area contributed by atoms with Crippen molar-refractivity contribution in [2.24, 2.45) is 0 Å². The van der Waals surface area contributed by atoms with Gasteiger partial charge in [-0.05, 0) is 49.9 Å². The molecule has 0 bridgehead atoms. The first kappa shape index (κ1) is 15.5. The molecule has 2 aromatic heterocycles. The molecule has 0 saturated heterocycles. The van der Waals surface area contributed by atoms with E-state index in [0.29, 0.717) is 6.54 Å². The van der Waals surface area contributed by atoms with Gasteiger partial charge in [-0.2, -0.15) is 5.10 Å². The summed E-state index contributed by atoms with van der Waals surface area (Å²) in [5, 5.41) is 9.55. The SMILES string of the molecule is Cc1ccsc1C(=O)NCc1c(C)nn(-c2ccccc2)c1C. The van der Waals surface area contributed by atoms with E-state index in [2.05, 4.69) is 10.4 Å². The maximum absolute atomic E-state index is 12.3. The van der Waals surface area contributed by atoms with Crippen LogP contribution in [0.15, 0.2) is 41.8 Å². The fourth-order valence-corrected chi connectivity index (χ4v) is 3.45. The molecule has 0 spiro atoms. The molecular weight excluding hydrogens is 306 g/mol. The second-order valence-corrected chi connectivity index (χ2v) is 6.43. The fraction of sp³-hybridized carbons (Fsp3) is 0.222. The molecule has 0 atom stereocenters. The molecule has 0 aliphatic carbocycles. The molecule has 118 valence electrons. The second kappa shape index (κ2) is 6.38. The molecule has 1 aromatic carbocycles. The van der Waals surface area contributed by atoms with E-state index < -0.39 is 0 Å². The number of hydrogen-bond donors (Lipinski definition) is 1. The number of para-hydroxylation sites is 1. The first-order chi connectivity index (χ1) is 11.1. The van der Waals surface area contributed by atoms with Crippen molar-refractivity contribution in [2.75, 3.05) is 0 Å². The Kier molecular flexibility index (Phi) is 4.30. The largest absolute Gasteiger partial charge is 0.347 e. The molecule has 0 aliphatic heterocycles. The summed E-state index contributed by atoms with van der Waals surface area (Å²) in [4.78, 5) is 13.0. The molecule has 4 nitrogen and oxygen atoms in total. The molecule has 0 aliphatic rings. The van der Waals surface area contributed by atoms with Gasteiger partial charge in [0.05, 0.1) is 16.3 Å². The predicted octanol–water partition coefficient (Wildman–Crippen LogP) is 3.79. The number of thiophene rings is 1. The van der Waals surface area contributed by atoms with E-state index in [9.17, 15) is 4.79 Å². The lowest BCUT2D eigenvalue weighted by Gasteiger charge is -2.07. The Labute approximate surface area is 139 Å². The van der Waals surface area contributed by atoms with Crippen LogP contribution in [0, 0.1) is 20.8 Å². The zero-order chi connectivity index (χ0) is 16.4. The van der Waals surface area contributed by atoms with Crippen LogP contribution in [-0.4, -0.2) is 15.7 Å². The summed E-state index contributed by atoms with van der Waals surface area (Å²) in [5.41, 5.74) is 5.10. The van der Waals surface area contributed by atoms with Crippen LogP contribution in [0.5, 0.6) is 0 Å². The number of hydrogen-bond acceptors (Lipinski definition) is 3. The van der Waals surface area contributed by atoms with Crippen LogP contribution in [0.2, 0.25) is 0 Å². The highest BCUT2D eigenvalue weighted by atomic mass is 32.1. The Hall–Kier alpha value is -2.40. The minimum atomic E-state index is -0.0243. The monoisotopic (exact) mass is 325 g/mol. The Morgan fingerprint density at radius 2 is 1.91 bits per heavy atom. The van der Waals surface area contributed by atoms with E-state index in [1.807, 2.05) is 67.2 Å². The lowest BCUT2D eigenvalue weighted by molar-refractivity contribution is 0.0954. The summed E-state index contributed by atoms with van der Waals surface area (Å²) >= 11 is 1.47. The Morgan fingerprint density at radius 3 is 2.57 bits per heavy atom. The molecule has 3 rings (SSSR count). The molecule has 1 N–H and O–H groups in total. The van der Waals surface area contributed by atoms with Gasteiger partial charge in [-0.25, -0.2) is 4.68 Å². The number of amides is 1. The van der Waals surface area contributed by atoms with Crippen molar-refractivity contribution in [2.45, 2.75) is 27.3 Å². The van der Waals surface area contributed by atoms with E-state index in [0.717, 1.165) is 33.1 Å². The summed E-state index contributed by atoms with van der Waals surface area (Å²) in [5.74, 6) is -0.0243. The number of nitrogens with zero attached hydrogens (tertiary/aromatic N) is 2. The quantitative estimate of drug-likeness (QED) is 0.793. The molecule has 0 radical (unpaired) electrons. The van der Waals surface area contributed by atoms with Crippen LogP contribution in [0.4, 0.5) is 0 Å². The normalized spacial score (nSPS) is 10.7. The first-order valence-electron chi connectivity index (χ1n) is 7.50. The average Bonchev–Trinajstić information content (AvgIpc) is 3.10. The summed E-state index contributed by atoms with van der Waals surface area (Å²) in [6.45, 7) is 6.45. The standard InChI is InChI=1S/C18H19N3OS/c1-12-9-10-23-17(12)18(22)19-11-16-13(2)20-21(14(16)3)15-7-5-4-6-8-15/h4-10H,11H2,1-3H3,(H,19,22). The van der Waals surface area contributed by atoms with Crippen LogP contribution in [0.1, 0.15) is 32.2 Å². The number of benzene rings is 1. The van der Waals surface area contributed by atoms with Gasteiger partial charge >= 0.3 is 0 Å². The molecular formula is C18H19N3OS. The van der Waals surface area contributed by atoms with Crippen LogP contribution < -0.4 is 5.32 Å². The molecule has 5 heteroatoms. The number of aryl methyl sites for hydroxylation is 2. The fourth-order valence-electron chi connectivity index (χ4n) is 2.61. The van der Waals surface area contributed by atoms with Gasteiger partial charge in [0.1, 0.15) is 0 Å². The van der Waals surface area contributed by atoms with Crippen LogP contribution in [0.25, 0.3) is 5.69 Å². The van der Waals surface area contributed by atoms with Crippen molar-refractivity contribution < 1.29 is 4.79 Å². The Balaban J connectivity index is 1.80. The minimum Gasteiger partial charge on any atom is -0.347 e. The van der Waals surface area contributed by atoms with Crippen molar-refractivity contribution in [1.29, 1.82) is 0 Å². The number of rotatable bonds is 4. The van der Waals surface area contributed by atoms with E-state index in [-0.39, 0.29) is 5.91 Å². The Bertz CT molecular complexity index is 833. The van der Waals surface area contributed by atoms with Gasteiger partial charge in [0.25, 0.3) is 5.91 Å². The molecule has 0 saturated carbocycles. The lowest BCUT2D eigenvalue weighted by Crippen LogP contribution is -2.23. The van der Waals surface area contributed by atoms with Crippen LogP contribution in [0.3, 0.4) is 0 Å². The highest BCUT2D eigenvalue weighted by Gasteiger charge is 2.15. The third kappa shape index (κ3) is 3.05.